The molecule has 1 amide bonds. The van der Waals surface area contributed by atoms with Crippen molar-refractivity contribution in [3.63, 3.8) is 0 Å². The summed E-state index contributed by atoms with van der Waals surface area (Å²) in [7, 11) is 1.61. The molecule has 30 heavy (non-hydrogen) atoms. The zero-order chi connectivity index (χ0) is 20.7. The second-order valence-electron chi connectivity index (χ2n) is 7.34. The van der Waals surface area contributed by atoms with Crippen molar-refractivity contribution in [2.24, 2.45) is 0 Å². The normalized spacial score (nSPS) is 14.5. The number of rotatable bonds is 3. The minimum absolute atomic E-state index is 0.0387. The van der Waals surface area contributed by atoms with Crippen LogP contribution in [-0.2, 0) is 0 Å². The van der Waals surface area contributed by atoms with E-state index in [2.05, 4.69) is 43.6 Å². The highest BCUT2D eigenvalue weighted by Gasteiger charge is 2.24. The number of carbonyl (C=O) groups excluding carboxylic acids is 1. The number of hydrogen-bond acceptors (Lipinski definition) is 4. The van der Waals surface area contributed by atoms with E-state index in [1.807, 2.05) is 41.3 Å². The van der Waals surface area contributed by atoms with Crippen LogP contribution in [0, 0.1) is 0 Å². The van der Waals surface area contributed by atoms with Gasteiger partial charge in [-0.05, 0) is 48.5 Å². The highest BCUT2D eigenvalue weighted by molar-refractivity contribution is 9.10. The molecule has 1 aliphatic heterocycles. The second kappa shape index (κ2) is 7.65. The van der Waals surface area contributed by atoms with Crippen LogP contribution >= 0.6 is 15.9 Å². The molecule has 6 nitrogen and oxygen atoms in total. The average Bonchev–Trinajstić information content (AvgIpc) is 3.28. The summed E-state index contributed by atoms with van der Waals surface area (Å²) >= 11 is 3.55. The number of aromatic nitrogens is 2. The molecule has 0 atom stereocenters. The van der Waals surface area contributed by atoms with Crippen LogP contribution < -0.4 is 9.64 Å². The Kier molecular flexibility index (Phi) is 4.83. The molecule has 0 bridgehead atoms. The zero-order valence-electron chi connectivity index (χ0n) is 16.6. The number of halogens is 1. The van der Waals surface area contributed by atoms with Crippen LogP contribution in [0.15, 0.2) is 65.3 Å². The third-order valence-corrected chi connectivity index (χ3v) is 6.08. The van der Waals surface area contributed by atoms with E-state index in [0.29, 0.717) is 24.4 Å². The Morgan fingerprint density at radius 2 is 1.83 bits per heavy atom. The molecule has 0 N–H and O–H groups in total. The summed E-state index contributed by atoms with van der Waals surface area (Å²) in [5.41, 5.74) is 3.76. The van der Waals surface area contributed by atoms with Crippen molar-refractivity contribution in [2.45, 2.75) is 0 Å². The van der Waals surface area contributed by atoms with Gasteiger partial charge in [-0.3, -0.25) is 4.79 Å². The van der Waals surface area contributed by atoms with Crippen LogP contribution in [0.5, 0.6) is 5.75 Å². The van der Waals surface area contributed by atoms with Crippen LogP contribution in [0.1, 0.15) is 10.4 Å². The lowest BCUT2D eigenvalue weighted by molar-refractivity contribution is 0.0746. The number of fused-ring (bicyclic) bond motifs is 3. The third kappa shape index (κ3) is 3.29. The Bertz CT molecular complexity index is 1240. The summed E-state index contributed by atoms with van der Waals surface area (Å²) in [5.74, 6) is 1.69. The van der Waals surface area contributed by atoms with E-state index in [1.54, 1.807) is 13.2 Å². The quantitative estimate of drug-likeness (QED) is 0.455. The van der Waals surface area contributed by atoms with E-state index in [-0.39, 0.29) is 5.91 Å². The fourth-order valence-corrected chi connectivity index (χ4v) is 4.38. The monoisotopic (exact) mass is 464 g/mol. The van der Waals surface area contributed by atoms with Crippen molar-refractivity contribution < 1.29 is 9.53 Å². The van der Waals surface area contributed by atoms with Crippen molar-refractivity contribution in [1.82, 2.24) is 14.3 Å². The molecule has 2 aromatic carbocycles. The summed E-state index contributed by atoms with van der Waals surface area (Å²) in [6, 6.07) is 17.6. The minimum atomic E-state index is 0.0387. The lowest BCUT2D eigenvalue weighted by Crippen LogP contribution is -2.49. The summed E-state index contributed by atoms with van der Waals surface area (Å²) in [6.07, 6.45) is 2.07. The number of amides is 1. The van der Waals surface area contributed by atoms with Gasteiger partial charge in [0.2, 0.25) is 0 Å². The maximum Gasteiger partial charge on any atom is 0.254 e. The van der Waals surface area contributed by atoms with Crippen LogP contribution in [0.4, 0.5) is 5.82 Å². The third-order valence-electron chi connectivity index (χ3n) is 5.58. The average molecular weight is 465 g/mol. The van der Waals surface area contributed by atoms with Gasteiger partial charge in [-0.2, -0.15) is 0 Å². The molecule has 3 heterocycles. The first-order chi connectivity index (χ1) is 14.6. The molecule has 1 fully saturated rings. The maximum absolute atomic E-state index is 12.9. The molecule has 0 radical (unpaired) electrons. The van der Waals surface area contributed by atoms with Crippen molar-refractivity contribution in [1.29, 1.82) is 0 Å². The number of hydrogen-bond donors (Lipinski definition) is 0. The highest BCUT2D eigenvalue weighted by Crippen LogP contribution is 2.28. The van der Waals surface area contributed by atoms with Crippen LogP contribution in [0.3, 0.4) is 0 Å². The molecular formula is C23H21BrN4O2. The Balaban J connectivity index is 1.40. The molecule has 0 saturated carbocycles. The Hall–Kier alpha value is -3.06. The number of carbonyl (C=O) groups is 1. The smallest absolute Gasteiger partial charge is 0.254 e. The molecule has 0 spiro atoms. The molecule has 5 rings (SSSR count). The summed E-state index contributed by atoms with van der Waals surface area (Å²) in [5, 5.41) is 0. The van der Waals surface area contributed by atoms with E-state index >= 15 is 0 Å². The van der Waals surface area contributed by atoms with Crippen molar-refractivity contribution in [3.8, 4) is 5.75 Å². The van der Waals surface area contributed by atoms with Gasteiger partial charge in [0.05, 0.1) is 23.7 Å². The largest absolute Gasteiger partial charge is 0.497 e. The first-order valence-corrected chi connectivity index (χ1v) is 10.7. The summed E-state index contributed by atoms with van der Waals surface area (Å²) in [6.45, 7) is 2.79. The predicted octanol–water partition coefficient (Wildman–Crippen LogP) is 4.22. The van der Waals surface area contributed by atoms with Crippen LogP contribution in [0.25, 0.3) is 16.6 Å². The molecule has 4 aromatic rings. The van der Waals surface area contributed by atoms with Crippen LogP contribution in [0.2, 0.25) is 0 Å². The fourth-order valence-electron chi connectivity index (χ4n) is 4.03. The van der Waals surface area contributed by atoms with Gasteiger partial charge < -0.3 is 18.9 Å². The van der Waals surface area contributed by atoms with Crippen molar-refractivity contribution >= 4 is 44.2 Å². The van der Waals surface area contributed by atoms with Gasteiger partial charge in [-0.15, -0.1) is 0 Å². The highest BCUT2D eigenvalue weighted by atomic mass is 79.9. The molecule has 1 aliphatic rings. The van der Waals surface area contributed by atoms with E-state index in [1.165, 1.54) is 0 Å². The second-order valence-corrected chi connectivity index (χ2v) is 8.26. The van der Waals surface area contributed by atoms with Gasteiger partial charge in [0.25, 0.3) is 5.91 Å². The van der Waals surface area contributed by atoms with Gasteiger partial charge in [0.1, 0.15) is 5.75 Å². The number of anilines is 1. The number of methoxy groups -OCH3 is 1. The standard InChI is InChI=1S/C23H21BrN4O2/c1-30-18-5-2-4-16(14-18)23(29)27-12-10-26(11-13-27)22-21-6-3-9-28(21)20-8-7-17(24)15-19(20)25-22/h2-9,14-15H,10-13H2,1H3. The molecular weight excluding hydrogens is 444 g/mol. The molecule has 0 unspecified atom stereocenters. The fraction of sp³-hybridized carbons (Fsp3) is 0.217. The number of benzene rings is 2. The molecule has 7 heteroatoms. The van der Waals surface area contributed by atoms with Gasteiger partial charge in [0.15, 0.2) is 5.82 Å². The van der Waals surface area contributed by atoms with Gasteiger partial charge in [0, 0.05) is 42.4 Å². The molecule has 2 aromatic heterocycles. The first kappa shape index (κ1) is 18.9. The zero-order valence-corrected chi connectivity index (χ0v) is 18.2. The SMILES string of the molecule is COc1cccc(C(=O)N2CCN(c3nc4cc(Br)ccc4n4cccc34)CC2)c1. The first-order valence-electron chi connectivity index (χ1n) is 9.88. The summed E-state index contributed by atoms with van der Waals surface area (Å²) in [4.78, 5) is 22.1. The molecule has 0 aliphatic carbocycles. The van der Waals surface area contributed by atoms with Gasteiger partial charge >= 0.3 is 0 Å². The van der Waals surface area contributed by atoms with Crippen molar-refractivity contribution in [3.05, 3.63) is 70.8 Å². The van der Waals surface area contributed by atoms with Crippen LogP contribution in [-0.4, -0.2) is 53.5 Å². The summed E-state index contributed by atoms with van der Waals surface area (Å²) < 4.78 is 8.44. The van der Waals surface area contributed by atoms with E-state index < -0.39 is 0 Å². The van der Waals surface area contributed by atoms with E-state index in [0.717, 1.165) is 39.9 Å². The molecule has 1 saturated heterocycles. The number of nitrogens with zero attached hydrogens (tertiary/aromatic N) is 4. The van der Waals surface area contributed by atoms with Gasteiger partial charge in [-0.1, -0.05) is 22.0 Å². The van der Waals surface area contributed by atoms with Crippen molar-refractivity contribution in [2.75, 3.05) is 38.2 Å². The minimum Gasteiger partial charge on any atom is -0.497 e. The van der Waals surface area contributed by atoms with E-state index in [9.17, 15) is 4.79 Å². The Morgan fingerprint density at radius 1 is 1.00 bits per heavy atom. The predicted molar refractivity (Wildman–Crippen MR) is 122 cm³/mol. The topological polar surface area (TPSA) is 50.1 Å². The Labute approximate surface area is 182 Å². The van der Waals surface area contributed by atoms with E-state index in [4.69, 9.17) is 9.72 Å². The lowest BCUT2D eigenvalue weighted by atomic mass is 10.1. The van der Waals surface area contributed by atoms with Gasteiger partial charge in [-0.25, -0.2) is 4.98 Å². The number of piperazine rings is 1. The molecule has 152 valence electrons. The number of ether oxygens (including phenoxy) is 1. The maximum atomic E-state index is 12.9. The lowest BCUT2D eigenvalue weighted by Gasteiger charge is -2.36. The Morgan fingerprint density at radius 3 is 2.63 bits per heavy atom.